The number of carbonyl (C=O) groups excluding carboxylic acids is 1. The third-order valence-corrected chi connectivity index (χ3v) is 3.35. The number of aliphatic imine (C=N–C) groups is 1. The molecule has 0 aromatic heterocycles. The van der Waals surface area contributed by atoms with E-state index >= 15 is 0 Å². The molecule has 1 heterocycles. The summed E-state index contributed by atoms with van der Waals surface area (Å²) >= 11 is 1.54. The number of hydrogen-bond acceptors (Lipinski definition) is 6. The van der Waals surface area contributed by atoms with E-state index in [1.54, 1.807) is 0 Å². The van der Waals surface area contributed by atoms with Crippen LogP contribution in [0.15, 0.2) is 34.2 Å². The minimum atomic E-state index is -0.560. The van der Waals surface area contributed by atoms with Crippen LogP contribution in [0.1, 0.15) is 6.92 Å². The van der Waals surface area contributed by atoms with Crippen molar-refractivity contribution in [2.24, 2.45) is 4.99 Å². The van der Waals surface area contributed by atoms with E-state index in [-0.39, 0.29) is 5.84 Å². The molecule has 1 unspecified atom stereocenters. The lowest BCUT2D eigenvalue weighted by Gasteiger charge is -2.15. The standard InChI is InChI=1S/C11H12N2O3S/c1-7(14)16-9-6-17-10-5-3-2-4-8(10)12-11(9)13-15/h2-5,9,15H,6H2,1H3,(H,12,13). The highest BCUT2D eigenvalue weighted by Crippen LogP contribution is 2.33. The molecular weight excluding hydrogens is 240 g/mol. The molecule has 2 rings (SSSR count). The topological polar surface area (TPSA) is 70.9 Å². The Labute approximate surface area is 103 Å². The van der Waals surface area contributed by atoms with Gasteiger partial charge in [-0.05, 0) is 12.1 Å². The summed E-state index contributed by atoms with van der Waals surface area (Å²) in [6, 6.07) is 7.56. The Kier molecular flexibility index (Phi) is 3.65. The van der Waals surface area contributed by atoms with Gasteiger partial charge in [-0.3, -0.25) is 15.5 Å². The summed E-state index contributed by atoms with van der Waals surface area (Å²) in [5, 5.41) is 9.04. The van der Waals surface area contributed by atoms with Crippen LogP contribution in [0.5, 0.6) is 0 Å². The molecule has 17 heavy (non-hydrogen) atoms. The smallest absolute Gasteiger partial charge is 0.303 e. The highest BCUT2D eigenvalue weighted by molar-refractivity contribution is 7.99. The second-order valence-electron chi connectivity index (χ2n) is 3.49. The van der Waals surface area contributed by atoms with Crippen molar-refractivity contribution in [3.05, 3.63) is 24.3 Å². The highest BCUT2D eigenvalue weighted by atomic mass is 32.2. The van der Waals surface area contributed by atoms with E-state index in [4.69, 9.17) is 9.94 Å². The summed E-state index contributed by atoms with van der Waals surface area (Å²) < 4.78 is 5.09. The first-order valence-electron chi connectivity index (χ1n) is 5.08. The number of nitrogens with one attached hydrogen (secondary N) is 1. The number of rotatable bonds is 1. The third kappa shape index (κ3) is 2.78. The highest BCUT2D eigenvalue weighted by Gasteiger charge is 2.23. The van der Waals surface area contributed by atoms with Crippen LogP contribution in [0.4, 0.5) is 5.69 Å². The maximum atomic E-state index is 11.0. The summed E-state index contributed by atoms with van der Waals surface area (Å²) in [7, 11) is 0. The fraction of sp³-hybridized carbons (Fsp3) is 0.273. The lowest BCUT2D eigenvalue weighted by atomic mass is 10.3. The number of para-hydroxylation sites is 1. The molecule has 2 N–H and O–H groups in total. The quantitative estimate of drug-likeness (QED) is 0.588. The first-order valence-corrected chi connectivity index (χ1v) is 6.07. The molecule has 90 valence electrons. The molecule has 1 aliphatic heterocycles. The zero-order valence-corrected chi connectivity index (χ0v) is 10.0. The van der Waals surface area contributed by atoms with Crippen molar-refractivity contribution >= 4 is 29.3 Å². The second-order valence-corrected chi connectivity index (χ2v) is 4.55. The number of hydroxylamine groups is 1. The summed E-state index contributed by atoms with van der Waals surface area (Å²) in [6.07, 6.45) is -0.560. The lowest BCUT2D eigenvalue weighted by Crippen LogP contribution is -2.37. The first-order chi connectivity index (χ1) is 8.20. The van der Waals surface area contributed by atoms with Gasteiger partial charge in [-0.2, -0.15) is 0 Å². The van der Waals surface area contributed by atoms with Crippen LogP contribution >= 0.6 is 11.8 Å². The van der Waals surface area contributed by atoms with E-state index in [2.05, 4.69) is 4.99 Å². The minimum absolute atomic E-state index is 0.248. The molecule has 0 aliphatic carbocycles. The monoisotopic (exact) mass is 252 g/mol. The van der Waals surface area contributed by atoms with E-state index in [1.165, 1.54) is 18.7 Å². The predicted octanol–water partition coefficient (Wildman–Crippen LogP) is 1.73. The first kappa shape index (κ1) is 11.9. The number of nitrogens with zero attached hydrogens (tertiary/aromatic N) is 1. The molecular formula is C11H12N2O3S. The van der Waals surface area contributed by atoms with Gasteiger partial charge in [-0.25, -0.2) is 4.99 Å². The number of fused-ring (bicyclic) bond motifs is 1. The van der Waals surface area contributed by atoms with Gasteiger partial charge in [0, 0.05) is 17.6 Å². The van der Waals surface area contributed by atoms with Gasteiger partial charge in [0.25, 0.3) is 0 Å². The molecule has 5 nitrogen and oxygen atoms in total. The van der Waals surface area contributed by atoms with E-state index < -0.39 is 12.1 Å². The van der Waals surface area contributed by atoms with Crippen LogP contribution in [0, 0.1) is 0 Å². The van der Waals surface area contributed by atoms with E-state index in [0.29, 0.717) is 5.75 Å². The molecule has 0 bridgehead atoms. The van der Waals surface area contributed by atoms with Crippen LogP contribution in [0.2, 0.25) is 0 Å². The average Bonchev–Trinajstić information content (AvgIpc) is 2.48. The normalized spacial score (nSPS) is 18.7. The van der Waals surface area contributed by atoms with Crippen molar-refractivity contribution in [2.45, 2.75) is 17.9 Å². The fourth-order valence-electron chi connectivity index (χ4n) is 1.50. The van der Waals surface area contributed by atoms with E-state index in [1.807, 2.05) is 29.7 Å². The fourth-order valence-corrected chi connectivity index (χ4v) is 2.50. The zero-order valence-electron chi connectivity index (χ0n) is 9.21. The van der Waals surface area contributed by atoms with Gasteiger partial charge < -0.3 is 4.74 Å². The summed E-state index contributed by atoms with van der Waals surface area (Å²) in [6.45, 7) is 1.33. The molecule has 0 fully saturated rings. The lowest BCUT2D eigenvalue weighted by molar-refractivity contribution is -0.142. The molecule has 6 heteroatoms. The summed E-state index contributed by atoms with van der Waals surface area (Å²) in [5.74, 6) is 0.366. The Balaban J connectivity index is 2.31. The summed E-state index contributed by atoms with van der Waals surface area (Å²) in [5.41, 5.74) is 2.75. The third-order valence-electron chi connectivity index (χ3n) is 2.22. The molecule has 1 atom stereocenters. The molecule has 0 saturated heterocycles. The number of benzene rings is 1. The predicted molar refractivity (Wildman–Crippen MR) is 64.7 cm³/mol. The van der Waals surface area contributed by atoms with Gasteiger partial charge in [0.05, 0.1) is 5.69 Å². The molecule has 0 radical (unpaired) electrons. The molecule has 1 aromatic carbocycles. The number of ether oxygens (including phenoxy) is 1. The number of esters is 1. The Bertz CT molecular complexity index is 462. The number of carbonyl (C=O) groups is 1. The van der Waals surface area contributed by atoms with Gasteiger partial charge >= 0.3 is 5.97 Å². The molecule has 0 amide bonds. The maximum Gasteiger partial charge on any atom is 0.303 e. The van der Waals surface area contributed by atoms with Crippen molar-refractivity contribution in [2.75, 3.05) is 5.75 Å². The van der Waals surface area contributed by atoms with Gasteiger partial charge in [-0.15, -0.1) is 11.8 Å². The van der Waals surface area contributed by atoms with Crippen molar-refractivity contribution in [3.8, 4) is 0 Å². The second kappa shape index (κ2) is 5.20. The van der Waals surface area contributed by atoms with E-state index in [0.717, 1.165) is 10.6 Å². The van der Waals surface area contributed by atoms with Gasteiger partial charge in [0.15, 0.2) is 11.9 Å². The van der Waals surface area contributed by atoms with Gasteiger partial charge in [0.2, 0.25) is 0 Å². The zero-order chi connectivity index (χ0) is 12.3. The largest absolute Gasteiger partial charge is 0.453 e. The molecule has 0 spiro atoms. The van der Waals surface area contributed by atoms with Gasteiger partial charge in [-0.1, -0.05) is 12.1 Å². The molecule has 1 aliphatic rings. The Morgan fingerprint density at radius 3 is 3.06 bits per heavy atom. The Morgan fingerprint density at radius 2 is 2.35 bits per heavy atom. The number of hydrogen-bond donors (Lipinski definition) is 2. The Morgan fingerprint density at radius 1 is 1.59 bits per heavy atom. The van der Waals surface area contributed by atoms with Crippen LogP contribution in [-0.2, 0) is 9.53 Å². The van der Waals surface area contributed by atoms with Crippen LogP contribution < -0.4 is 5.48 Å². The van der Waals surface area contributed by atoms with Crippen LogP contribution in [0.3, 0.4) is 0 Å². The molecule has 1 aromatic rings. The van der Waals surface area contributed by atoms with Crippen molar-refractivity contribution in [1.82, 2.24) is 5.48 Å². The number of amidine groups is 1. The van der Waals surface area contributed by atoms with Crippen LogP contribution in [-0.4, -0.2) is 28.9 Å². The van der Waals surface area contributed by atoms with Gasteiger partial charge in [0.1, 0.15) is 0 Å². The van der Waals surface area contributed by atoms with E-state index in [9.17, 15) is 4.79 Å². The average molecular weight is 252 g/mol. The SMILES string of the molecule is CC(=O)OC1CSc2ccccc2N=C1NO. The van der Waals surface area contributed by atoms with Crippen molar-refractivity contribution in [1.29, 1.82) is 0 Å². The molecule has 0 saturated carbocycles. The van der Waals surface area contributed by atoms with Crippen LogP contribution in [0.25, 0.3) is 0 Å². The van der Waals surface area contributed by atoms with Crippen molar-refractivity contribution in [3.63, 3.8) is 0 Å². The van der Waals surface area contributed by atoms with Crippen molar-refractivity contribution < 1.29 is 14.7 Å². The number of thioether (sulfide) groups is 1. The Hall–Kier alpha value is -1.53. The summed E-state index contributed by atoms with van der Waals surface area (Å²) in [4.78, 5) is 16.2. The maximum absolute atomic E-state index is 11.0. The minimum Gasteiger partial charge on any atom is -0.453 e.